The van der Waals surface area contributed by atoms with Crippen molar-refractivity contribution in [1.29, 1.82) is 5.26 Å². The first-order chi connectivity index (χ1) is 7.69. The molecule has 1 heterocycles. The Morgan fingerprint density at radius 1 is 1.44 bits per heavy atom. The molecule has 1 aromatic heterocycles. The van der Waals surface area contributed by atoms with E-state index in [1.54, 1.807) is 0 Å². The molecule has 3 nitrogen and oxygen atoms in total. The maximum absolute atomic E-state index is 9.20. The molecule has 0 bridgehead atoms. The van der Waals surface area contributed by atoms with E-state index in [0.717, 1.165) is 23.3 Å². The molecule has 2 rings (SSSR count). The van der Waals surface area contributed by atoms with Gasteiger partial charge in [0.25, 0.3) is 0 Å². The molecular weight excluding hydrogens is 198 g/mol. The number of rotatable bonds is 2. The molecule has 0 aliphatic heterocycles. The molecule has 2 aromatic rings. The van der Waals surface area contributed by atoms with Crippen LogP contribution in [0.15, 0.2) is 18.2 Å². The van der Waals surface area contributed by atoms with Gasteiger partial charge >= 0.3 is 0 Å². The standard InChI is InChI=1S/C13H15N3/c1-9-4-5-10-11(8-15-2)13(7-14)16(3)12(10)6-9/h4-6,15H,8H2,1-3H3. The molecular formula is C13H15N3. The molecule has 1 N–H and O–H groups in total. The second-order valence-corrected chi connectivity index (χ2v) is 4.05. The number of nitriles is 1. The Bertz CT molecular complexity index is 573. The van der Waals surface area contributed by atoms with Crippen LogP contribution < -0.4 is 5.32 Å². The van der Waals surface area contributed by atoms with Crippen LogP contribution in [0.2, 0.25) is 0 Å². The molecule has 1 aromatic carbocycles. The minimum Gasteiger partial charge on any atom is -0.335 e. The van der Waals surface area contributed by atoms with Gasteiger partial charge in [0, 0.05) is 30.1 Å². The van der Waals surface area contributed by atoms with Crippen LogP contribution in [-0.4, -0.2) is 11.6 Å². The van der Waals surface area contributed by atoms with E-state index in [4.69, 9.17) is 0 Å². The zero-order valence-corrected chi connectivity index (χ0v) is 9.83. The lowest BCUT2D eigenvalue weighted by Crippen LogP contribution is -2.06. The number of nitrogens with zero attached hydrogens (tertiary/aromatic N) is 2. The molecule has 0 spiro atoms. The summed E-state index contributed by atoms with van der Waals surface area (Å²) in [6.07, 6.45) is 0. The monoisotopic (exact) mass is 213 g/mol. The van der Waals surface area contributed by atoms with Gasteiger partial charge < -0.3 is 9.88 Å². The Morgan fingerprint density at radius 2 is 2.19 bits per heavy atom. The van der Waals surface area contributed by atoms with Gasteiger partial charge in [-0.2, -0.15) is 5.26 Å². The molecule has 0 radical (unpaired) electrons. The first-order valence-corrected chi connectivity index (χ1v) is 5.31. The minimum atomic E-state index is 0.725. The van der Waals surface area contributed by atoms with Crippen LogP contribution in [0.4, 0.5) is 0 Å². The van der Waals surface area contributed by atoms with E-state index in [-0.39, 0.29) is 0 Å². The average molecular weight is 213 g/mol. The Hall–Kier alpha value is -1.79. The van der Waals surface area contributed by atoms with E-state index >= 15 is 0 Å². The lowest BCUT2D eigenvalue weighted by molar-refractivity contribution is 0.810. The van der Waals surface area contributed by atoms with E-state index in [2.05, 4.69) is 36.5 Å². The van der Waals surface area contributed by atoms with E-state index in [0.29, 0.717) is 0 Å². The summed E-state index contributed by atoms with van der Waals surface area (Å²) in [6.45, 7) is 2.79. The fourth-order valence-corrected chi connectivity index (χ4v) is 2.12. The maximum atomic E-state index is 9.20. The number of nitrogens with one attached hydrogen (secondary N) is 1. The zero-order chi connectivity index (χ0) is 11.7. The number of hydrogen-bond donors (Lipinski definition) is 1. The van der Waals surface area contributed by atoms with E-state index in [9.17, 15) is 5.26 Å². The third-order valence-corrected chi connectivity index (χ3v) is 2.92. The minimum absolute atomic E-state index is 0.725. The van der Waals surface area contributed by atoms with Gasteiger partial charge in [-0.25, -0.2) is 0 Å². The van der Waals surface area contributed by atoms with Crippen molar-refractivity contribution < 1.29 is 0 Å². The quantitative estimate of drug-likeness (QED) is 0.829. The third-order valence-electron chi connectivity index (χ3n) is 2.92. The highest BCUT2D eigenvalue weighted by atomic mass is 15.0. The first-order valence-electron chi connectivity index (χ1n) is 5.31. The van der Waals surface area contributed by atoms with Crippen molar-refractivity contribution in [2.24, 2.45) is 7.05 Å². The van der Waals surface area contributed by atoms with Crippen LogP contribution in [0.5, 0.6) is 0 Å². The highest BCUT2D eigenvalue weighted by Crippen LogP contribution is 2.25. The van der Waals surface area contributed by atoms with E-state index in [1.807, 2.05) is 18.7 Å². The van der Waals surface area contributed by atoms with Gasteiger partial charge in [0.2, 0.25) is 0 Å². The summed E-state index contributed by atoms with van der Waals surface area (Å²) in [5.41, 5.74) is 4.17. The van der Waals surface area contributed by atoms with Gasteiger partial charge in [-0.3, -0.25) is 0 Å². The van der Waals surface area contributed by atoms with Crippen molar-refractivity contribution in [3.63, 3.8) is 0 Å². The predicted molar refractivity (Wildman–Crippen MR) is 65.1 cm³/mol. The van der Waals surface area contributed by atoms with Crippen molar-refractivity contribution in [3.8, 4) is 6.07 Å². The average Bonchev–Trinajstić information content (AvgIpc) is 2.53. The topological polar surface area (TPSA) is 40.8 Å². The zero-order valence-electron chi connectivity index (χ0n) is 9.83. The lowest BCUT2D eigenvalue weighted by Gasteiger charge is -1.98. The van der Waals surface area contributed by atoms with Crippen molar-refractivity contribution in [3.05, 3.63) is 35.0 Å². The Kier molecular flexibility index (Phi) is 2.67. The molecule has 3 heteroatoms. The molecule has 82 valence electrons. The predicted octanol–water partition coefficient (Wildman–Crippen LogP) is 2.08. The Morgan fingerprint density at radius 3 is 2.81 bits per heavy atom. The van der Waals surface area contributed by atoms with Crippen molar-refractivity contribution in [2.75, 3.05) is 7.05 Å². The molecule has 0 amide bonds. The van der Waals surface area contributed by atoms with Gasteiger partial charge in [-0.15, -0.1) is 0 Å². The van der Waals surface area contributed by atoms with Crippen molar-refractivity contribution in [2.45, 2.75) is 13.5 Å². The lowest BCUT2D eigenvalue weighted by atomic mass is 10.1. The summed E-state index contributed by atoms with van der Waals surface area (Å²) in [5.74, 6) is 0. The SMILES string of the molecule is CNCc1c(C#N)n(C)c2cc(C)ccc12. The summed E-state index contributed by atoms with van der Waals surface area (Å²) in [6, 6.07) is 8.58. The number of benzene rings is 1. The fraction of sp³-hybridized carbons (Fsp3) is 0.308. The molecule has 0 fully saturated rings. The van der Waals surface area contributed by atoms with Gasteiger partial charge in [0.15, 0.2) is 0 Å². The van der Waals surface area contributed by atoms with Crippen LogP contribution in [0.25, 0.3) is 10.9 Å². The second kappa shape index (κ2) is 3.99. The molecule has 0 aliphatic rings. The third kappa shape index (κ3) is 1.48. The van der Waals surface area contributed by atoms with Crippen LogP contribution in [-0.2, 0) is 13.6 Å². The van der Waals surface area contributed by atoms with Crippen molar-refractivity contribution in [1.82, 2.24) is 9.88 Å². The highest BCUT2D eigenvalue weighted by Gasteiger charge is 2.13. The first kappa shape index (κ1) is 10.7. The number of hydrogen-bond acceptors (Lipinski definition) is 2. The summed E-state index contributed by atoms with van der Waals surface area (Å²) in [4.78, 5) is 0. The van der Waals surface area contributed by atoms with Crippen LogP contribution in [0.3, 0.4) is 0 Å². The number of aromatic nitrogens is 1. The van der Waals surface area contributed by atoms with E-state index in [1.165, 1.54) is 10.9 Å². The molecule has 16 heavy (non-hydrogen) atoms. The molecule has 0 saturated heterocycles. The second-order valence-electron chi connectivity index (χ2n) is 4.05. The number of aryl methyl sites for hydroxylation is 2. The van der Waals surface area contributed by atoms with Gasteiger partial charge in [-0.05, 0) is 25.6 Å². The van der Waals surface area contributed by atoms with Crippen LogP contribution >= 0.6 is 0 Å². The van der Waals surface area contributed by atoms with Crippen molar-refractivity contribution >= 4 is 10.9 Å². The van der Waals surface area contributed by atoms with Crippen LogP contribution in [0.1, 0.15) is 16.8 Å². The largest absolute Gasteiger partial charge is 0.335 e. The van der Waals surface area contributed by atoms with Gasteiger partial charge in [-0.1, -0.05) is 12.1 Å². The maximum Gasteiger partial charge on any atom is 0.125 e. The van der Waals surface area contributed by atoms with E-state index < -0.39 is 0 Å². The fourth-order valence-electron chi connectivity index (χ4n) is 2.12. The van der Waals surface area contributed by atoms with Crippen LogP contribution in [0, 0.1) is 18.3 Å². The highest BCUT2D eigenvalue weighted by molar-refractivity contribution is 5.87. The molecule has 0 aliphatic carbocycles. The van der Waals surface area contributed by atoms with Gasteiger partial charge in [0.1, 0.15) is 11.8 Å². The molecule has 0 unspecified atom stereocenters. The molecule has 0 saturated carbocycles. The normalized spacial score (nSPS) is 10.6. The Balaban J connectivity index is 2.81. The smallest absolute Gasteiger partial charge is 0.125 e. The summed E-state index contributed by atoms with van der Waals surface area (Å²) >= 11 is 0. The number of fused-ring (bicyclic) bond motifs is 1. The van der Waals surface area contributed by atoms with Gasteiger partial charge in [0.05, 0.1) is 0 Å². The summed E-state index contributed by atoms with van der Waals surface area (Å²) < 4.78 is 1.97. The molecule has 0 atom stereocenters. The summed E-state index contributed by atoms with van der Waals surface area (Å²) in [7, 11) is 3.84. The summed E-state index contributed by atoms with van der Waals surface area (Å²) in [5, 5.41) is 13.5. The Labute approximate surface area is 95.3 Å².